The van der Waals surface area contributed by atoms with Gasteiger partial charge < -0.3 is 5.32 Å². The number of carbonyl (C=O) groups is 1. The van der Waals surface area contributed by atoms with Crippen LogP contribution in [0.5, 0.6) is 0 Å². The van der Waals surface area contributed by atoms with E-state index in [4.69, 9.17) is 10.1 Å². The van der Waals surface area contributed by atoms with Crippen molar-refractivity contribution >= 4 is 34.4 Å². The number of amides is 1. The quantitative estimate of drug-likeness (QED) is 0.294. The first-order valence-electron chi connectivity index (χ1n) is 11.1. The van der Waals surface area contributed by atoms with Gasteiger partial charge in [0.1, 0.15) is 5.82 Å². The van der Waals surface area contributed by atoms with Crippen LogP contribution in [0.4, 0.5) is 5.82 Å². The van der Waals surface area contributed by atoms with Crippen molar-refractivity contribution in [2.45, 2.75) is 18.9 Å². The lowest BCUT2D eigenvalue weighted by Gasteiger charge is -2.09. The number of rotatable bonds is 6. The summed E-state index contributed by atoms with van der Waals surface area (Å²) in [7, 11) is 0. The van der Waals surface area contributed by atoms with Gasteiger partial charge in [0.2, 0.25) is 5.91 Å². The van der Waals surface area contributed by atoms with Crippen molar-refractivity contribution in [2.24, 2.45) is 0 Å². The highest BCUT2D eigenvalue weighted by Gasteiger charge is 2.14. The van der Waals surface area contributed by atoms with Crippen LogP contribution >= 0.6 is 11.8 Å². The van der Waals surface area contributed by atoms with Crippen molar-refractivity contribution in [1.29, 1.82) is 0 Å². The fourth-order valence-electron chi connectivity index (χ4n) is 3.81. The molecule has 0 fully saturated rings. The number of hydrogen-bond donors (Lipinski definition) is 1. The molecule has 0 aliphatic rings. The Balaban J connectivity index is 1.37. The third-order valence-electron chi connectivity index (χ3n) is 5.58. The second-order valence-electron chi connectivity index (χ2n) is 8.16. The van der Waals surface area contributed by atoms with Gasteiger partial charge in [-0.05, 0) is 43.7 Å². The van der Waals surface area contributed by atoms with Crippen LogP contribution in [0.3, 0.4) is 0 Å². The summed E-state index contributed by atoms with van der Waals surface area (Å²) in [4.78, 5) is 17.6. The lowest BCUT2D eigenvalue weighted by atomic mass is 10.1. The van der Waals surface area contributed by atoms with Crippen molar-refractivity contribution in [1.82, 2.24) is 14.8 Å². The van der Waals surface area contributed by atoms with Gasteiger partial charge in [0, 0.05) is 17.0 Å². The van der Waals surface area contributed by atoms with Gasteiger partial charge in [-0.25, -0.2) is 9.67 Å². The molecular formula is C28H24N4OS. The summed E-state index contributed by atoms with van der Waals surface area (Å²) in [6.07, 6.45) is 0. The first-order chi connectivity index (χ1) is 16.6. The Morgan fingerprint density at radius 2 is 1.65 bits per heavy atom. The summed E-state index contributed by atoms with van der Waals surface area (Å²) < 4.78 is 1.77. The Morgan fingerprint density at radius 1 is 0.912 bits per heavy atom. The lowest BCUT2D eigenvalue weighted by molar-refractivity contribution is -0.113. The lowest BCUT2D eigenvalue weighted by Crippen LogP contribution is -2.17. The molecule has 0 bridgehead atoms. The predicted molar refractivity (Wildman–Crippen MR) is 140 cm³/mol. The van der Waals surface area contributed by atoms with E-state index in [1.807, 2.05) is 72.8 Å². The minimum Gasteiger partial charge on any atom is -0.310 e. The Kier molecular flexibility index (Phi) is 6.14. The van der Waals surface area contributed by atoms with Crippen LogP contribution in [0.2, 0.25) is 0 Å². The van der Waals surface area contributed by atoms with Gasteiger partial charge in [0.05, 0.1) is 27.7 Å². The van der Waals surface area contributed by atoms with Gasteiger partial charge in [0.15, 0.2) is 0 Å². The van der Waals surface area contributed by atoms with Gasteiger partial charge in [-0.15, -0.1) is 0 Å². The summed E-state index contributed by atoms with van der Waals surface area (Å²) in [6.45, 7) is 4.13. The summed E-state index contributed by atoms with van der Waals surface area (Å²) in [5.74, 6) is 0.783. The van der Waals surface area contributed by atoms with Crippen molar-refractivity contribution in [3.05, 3.63) is 102 Å². The molecule has 168 valence electrons. The zero-order valence-corrected chi connectivity index (χ0v) is 19.8. The average Bonchev–Trinajstić information content (AvgIpc) is 3.27. The maximum atomic E-state index is 12.9. The summed E-state index contributed by atoms with van der Waals surface area (Å²) >= 11 is 1.43. The van der Waals surface area contributed by atoms with Crippen LogP contribution in [0, 0.1) is 13.8 Å². The number of aromatic nitrogens is 3. The zero-order valence-electron chi connectivity index (χ0n) is 19.0. The van der Waals surface area contributed by atoms with Gasteiger partial charge >= 0.3 is 0 Å². The van der Waals surface area contributed by atoms with Crippen molar-refractivity contribution < 1.29 is 4.79 Å². The maximum absolute atomic E-state index is 12.9. The number of aryl methyl sites for hydroxylation is 2. The number of hydrogen-bond acceptors (Lipinski definition) is 4. The highest BCUT2D eigenvalue weighted by Crippen LogP contribution is 2.27. The van der Waals surface area contributed by atoms with Crippen molar-refractivity contribution in [2.75, 3.05) is 11.1 Å². The van der Waals surface area contributed by atoms with E-state index in [1.165, 1.54) is 17.3 Å². The van der Waals surface area contributed by atoms with E-state index in [2.05, 4.69) is 37.4 Å². The number of nitrogens with one attached hydrogen (secondary N) is 1. The third-order valence-corrected chi connectivity index (χ3v) is 6.49. The molecule has 1 amide bonds. The molecule has 0 saturated carbocycles. The minimum absolute atomic E-state index is 0.106. The smallest absolute Gasteiger partial charge is 0.235 e. The number of carbonyl (C=O) groups excluding carboxylic acids is 1. The number of benzene rings is 3. The van der Waals surface area contributed by atoms with E-state index in [-0.39, 0.29) is 11.7 Å². The number of thioether (sulfide) groups is 1. The normalized spacial score (nSPS) is 11.0. The van der Waals surface area contributed by atoms with Crippen molar-refractivity contribution in [3.8, 4) is 16.9 Å². The van der Waals surface area contributed by atoms with E-state index in [0.717, 1.165) is 38.4 Å². The maximum Gasteiger partial charge on any atom is 0.235 e. The molecule has 0 aliphatic heterocycles. The first kappa shape index (κ1) is 21.9. The molecule has 1 N–H and O–H groups in total. The Morgan fingerprint density at radius 3 is 2.44 bits per heavy atom. The molecule has 2 heterocycles. The average molecular weight is 465 g/mol. The summed E-state index contributed by atoms with van der Waals surface area (Å²) in [6, 6.07) is 30.0. The number of nitrogens with zero attached hydrogens (tertiary/aromatic N) is 3. The minimum atomic E-state index is -0.106. The van der Waals surface area contributed by atoms with E-state index in [0.29, 0.717) is 5.82 Å². The molecule has 34 heavy (non-hydrogen) atoms. The molecule has 0 atom stereocenters. The van der Waals surface area contributed by atoms with Gasteiger partial charge in [-0.1, -0.05) is 78.0 Å². The Labute approximate surface area is 202 Å². The molecule has 3 aromatic carbocycles. The molecule has 0 radical (unpaired) electrons. The van der Waals surface area contributed by atoms with E-state index < -0.39 is 0 Å². The number of pyridine rings is 1. The van der Waals surface area contributed by atoms with E-state index in [9.17, 15) is 4.79 Å². The molecule has 0 aliphatic carbocycles. The molecule has 0 spiro atoms. The highest BCUT2D eigenvalue weighted by molar-refractivity contribution is 7.99. The van der Waals surface area contributed by atoms with Crippen LogP contribution in [0.25, 0.3) is 27.8 Å². The molecule has 5 nitrogen and oxygen atoms in total. The Hall–Kier alpha value is -3.90. The molecular weight excluding hydrogens is 440 g/mol. The third kappa shape index (κ3) is 4.72. The standard InChI is InChI=1S/C28H24N4OS/c1-19-12-14-21(15-13-19)25-17-26(32(31-25)22-8-4-3-5-9-22)30-27(33)18-34-28-16-20(2)23-10-6-7-11-24(23)29-28/h3-17H,18H2,1-2H3,(H,30,33). The predicted octanol–water partition coefficient (Wildman–Crippen LogP) is 6.44. The largest absolute Gasteiger partial charge is 0.310 e. The molecule has 5 aromatic rings. The monoisotopic (exact) mass is 464 g/mol. The first-order valence-corrected chi connectivity index (χ1v) is 12.1. The van der Waals surface area contributed by atoms with Crippen LogP contribution in [-0.2, 0) is 4.79 Å². The fraction of sp³-hybridized carbons (Fsp3) is 0.107. The molecule has 5 rings (SSSR count). The Bertz CT molecular complexity index is 1460. The molecule has 2 aromatic heterocycles. The number of fused-ring (bicyclic) bond motifs is 1. The highest BCUT2D eigenvalue weighted by atomic mass is 32.2. The summed E-state index contributed by atoms with van der Waals surface area (Å²) in [5.41, 5.74) is 5.97. The summed E-state index contributed by atoms with van der Waals surface area (Å²) in [5, 5.41) is 9.79. The number of anilines is 1. The van der Waals surface area contributed by atoms with Gasteiger partial charge in [-0.3, -0.25) is 4.79 Å². The topological polar surface area (TPSA) is 59.8 Å². The van der Waals surface area contributed by atoms with E-state index in [1.54, 1.807) is 4.68 Å². The molecule has 0 unspecified atom stereocenters. The van der Waals surface area contributed by atoms with Gasteiger partial charge in [0.25, 0.3) is 0 Å². The number of para-hydroxylation sites is 2. The van der Waals surface area contributed by atoms with Crippen LogP contribution < -0.4 is 5.32 Å². The second kappa shape index (κ2) is 9.53. The van der Waals surface area contributed by atoms with Crippen molar-refractivity contribution in [3.63, 3.8) is 0 Å². The van der Waals surface area contributed by atoms with Crippen LogP contribution in [-0.4, -0.2) is 26.4 Å². The SMILES string of the molecule is Cc1ccc(-c2cc(NC(=O)CSc3cc(C)c4ccccc4n3)n(-c3ccccc3)n2)cc1. The molecule has 0 saturated heterocycles. The van der Waals surface area contributed by atoms with Crippen LogP contribution in [0.1, 0.15) is 11.1 Å². The second-order valence-corrected chi connectivity index (χ2v) is 9.16. The van der Waals surface area contributed by atoms with Crippen LogP contribution in [0.15, 0.2) is 96.0 Å². The van der Waals surface area contributed by atoms with E-state index >= 15 is 0 Å². The van der Waals surface area contributed by atoms with Gasteiger partial charge in [-0.2, -0.15) is 5.10 Å². The fourth-order valence-corrected chi connectivity index (χ4v) is 4.59. The molecule has 6 heteroatoms. The zero-order chi connectivity index (χ0) is 23.5.